The number of nitrogens with one attached hydrogen (secondary N) is 2. The highest BCUT2D eigenvalue weighted by atomic mass is 79.9. The summed E-state index contributed by atoms with van der Waals surface area (Å²) in [5.41, 5.74) is 2.29. The van der Waals surface area contributed by atoms with Crippen LogP contribution < -0.4 is 10.6 Å². The van der Waals surface area contributed by atoms with Crippen LogP contribution in [-0.4, -0.2) is 28.3 Å². The van der Waals surface area contributed by atoms with Crippen molar-refractivity contribution in [1.29, 1.82) is 0 Å². The lowest BCUT2D eigenvalue weighted by Crippen LogP contribution is -2.35. The van der Waals surface area contributed by atoms with Crippen molar-refractivity contribution in [2.24, 2.45) is 0 Å². The molecule has 2 rings (SSSR count). The Labute approximate surface area is 122 Å². The Morgan fingerprint density at radius 3 is 2.89 bits per heavy atom. The van der Waals surface area contributed by atoms with E-state index in [1.54, 1.807) is 0 Å². The van der Waals surface area contributed by atoms with Crippen molar-refractivity contribution in [2.45, 2.75) is 52.2 Å². The Morgan fingerprint density at radius 1 is 1.53 bits per heavy atom. The number of hydrogen-bond acceptors (Lipinski definition) is 3. The first-order valence-corrected chi connectivity index (χ1v) is 7.69. The van der Waals surface area contributed by atoms with E-state index in [2.05, 4.69) is 45.5 Å². The Morgan fingerprint density at radius 2 is 2.32 bits per heavy atom. The molecule has 1 aromatic rings. The van der Waals surface area contributed by atoms with E-state index >= 15 is 0 Å². The molecular weight excluding hydrogens is 308 g/mol. The highest BCUT2D eigenvalue weighted by molar-refractivity contribution is 9.10. The molecule has 19 heavy (non-hydrogen) atoms. The van der Waals surface area contributed by atoms with Crippen LogP contribution in [0.4, 0.5) is 0 Å². The zero-order chi connectivity index (χ0) is 13.8. The van der Waals surface area contributed by atoms with Crippen LogP contribution in [0.5, 0.6) is 0 Å². The molecule has 1 fully saturated rings. The van der Waals surface area contributed by atoms with Gasteiger partial charge in [-0.2, -0.15) is 5.10 Å². The van der Waals surface area contributed by atoms with Crippen molar-refractivity contribution in [3.05, 3.63) is 15.9 Å². The van der Waals surface area contributed by atoms with Gasteiger partial charge in [-0.1, -0.05) is 6.92 Å². The minimum atomic E-state index is 0.167. The van der Waals surface area contributed by atoms with Crippen molar-refractivity contribution >= 4 is 21.8 Å². The van der Waals surface area contributed by atoms with E-state index in [-0.39, 0.29) is 11.9 Å². The molecule has 2 heterocycles. The molecule has 1 aliphatic heterocycles. The first kappa shape index (κ1) is 14.5. The van der Waals surface area contributed by atoms with E-state index in [1.165, 1.54) is 5.69 Å². The maximum absolute atomic E-state index is 11.1. The lowest BCUT2D eigenvalue weighted by atomic mass is 10.2. The highest BCUT2D eigenvalue weighted by Crippen LogP contribution is 2.22. The number of carbonyl (C=O) groups excluding carboxylic acids is 1. The first-order chi connectivity index (χ1) is 9.15. The maximum atomic E-state index is 11.1. The van der Waals surface area contributed by atoms with Crippen molar-refractivity contribution in [1.82, 2.24) is 20.4 Å². The SMILES string of the molecule is CCc1nn(CC)c(CNCC2CCC(=O)N2)c1Br. The Hall–Kier alpha value is -0.880. The van der Waals surface area contributed by atoms with Crippen molar-refractivity contribution < 1.29 is 4.79 Å². The van der Waals surface area contributed by atoms with Gasteiger partial charge in [0.05, 0.1) is 15.9 Å². The molecule has 2 N–H and O–H groups in total. The molecule has 106 valence electrons. The van der Waals surface area contributed by atoms with E-state index in [0.29, 0.717) is 6.42 Å². The summed E-state index contributed by atoms with van der Waals surface area (Å²) < 4.78 is 3.14. The van der Waals surface area contributed by atoms with Gasteiger partial charge in [-0.25, -0.2) is 0 Å². The Bertz CT molecular complexity index is 458. The van der Waals surface area contributed by atoms with Crippen LogP contribution in [0.1, 0.15) is 38.1 Å². The molecule has 1 aliphatic rings. The molecule has 0 bridgehead atoms. The molecular formula is C13H21BrN4O. The van der Waals surface area contributed by atoms with Crippen LogP contribution in [-0.2, 0) is 24.3 Å². The number of carbonyl (C=O) groups is 1. The van der Waals surface area contributed by atoms with Crippen LogP contribution in [0.15, 0.2) is 4.47 Å². The van der Waals surface area contributed by atoms with Gasteiger partial charge in [-0.3, -0.25) is 9.48 Å². The number of amides is 1. The molecule has 0 aliphatic carbocycles. The Kier molecular flexibility index (Phi) is 4.99. The van der Waals surface area contributed by atoms with E-state index in [0.717, 1.165) is 42.6 Å². The van der Waals surface area contributed by atoms with Gasteiger partial charge < -0.3 is 10.6 Å². The molecule has 0 aromatic carbocycles. The third-order valence-electron chi connectivity index (χ3n) is 3.46. The molecule has 0 spiro atoms. The summed E-state index contributed by atoms with van der Waals surface area (Å²) in [6.45, 7) is 6.66. The van der Waals surface area contributed by atoms with Gasteiger partial charge in [-0.05, 0) is 35.7 Å². The summed E-state index contributed by atoms with van der Waals surface area (Å²) in [7, 11) is 0. The standard InChI is InChI=1S/C13H21BrN4O/c1-3-10-13(14)11(18(4-2)17-10)8-15-7-9-5-6-12(19)16-9/h9,15H,3-8H2,1-2H3,(H,16,19). The first-order valence-electron chi connectivity index (χ1n) is 6.89. The number of aromatic nitrogens is 2. The third kappa shape index (κ3) is 3.36. The number of halogens is 1. The van der Waals surface area contributed by atoms with Gasteiger partial charge in [0, 0.05) is 32.1 Å². The normalized spacial score (nSPS) is 18.9. The summed E-state index contributed by atoms with van der Waals surface area (Å²) in [5.74, 6) is 0.167. The van der Waals surface area contributed by atoms with E-state index in [9.17, 15) is 4.79 Å². The Balaban J connectivity index is 1.91. The van der Waals surface area contributed by atoms with Crippen LogP contribution in [0.25, 0.3) is 0 Å². The highest BCUT2D eigenvalue weighted by Gasteiger charge is 2.20. The van der Waals surface area contributed by atoms with Gasteiger partial charge in [0.15, 0.2) is 0 Å². The molecule has 1 atom stereocenters. The average molecular weight is 329 g/mol. The summed E-state index contributed by atoms with van der Waals surface area (Å²) in [4.78, 5) is 11.1. The third-order valence-corrected chi connectivity index (χ3v) is 4.38. The molecule has 6 heteroatoms. The van der Waals surface area contributed by atoms with E-state index in [1.807, 2.05) is 4.68 Å². The molecule has 1 aromatic heterocycles. The number of hydrogen-bond donors (Lipinski definition) is 2. The fraction of sp³-hybridized carbons (Fsp3) is 0.692. The van der Waals surface area contributed by atoms with Gasteiger partial charge >= 0.3 is 0 Å². The van der Waals surface area contributed by atoms with Gasteiger partial charge in [0.25, 0.3) is 0 Å². The quantitative estimate of drug-likeness (QED) is 0.833. The second-order valence-electron chi connectivity index (χ2n) is 4.81. The minimum absolute atomic E-state index is 0.167. The topological polar surface area (TPSA) is 59.0 Å². The van der Waals surface area contributed by atoms with Crippen LogP contribution in [0.2, 0.25) is 0 Å². The molecule has 0 radical (unpaired) electrons. The summed E-state index contributed by atoms with van der Waals surface area (Å²) in [6, 6.07) is 0.273. The zero-order valence-electron chi connectivity index (χ0n) is 11.5. The van der Waals surface area contributed by atoms with Crippen molar-refractivity contribution in [3.8, 4) is 0 Å². The van der Waals surface area contributed by atoms with Crippen molar-refractivity contribution in [3.63, 3.8) is 0 Å². The predicted molar refractivity (Wildman–Crippen MR) is 77.9 cm³/mol. The summed E-state index contributed by atoms with van der Waals surface area (Å²) in [6.07, 6.45) is 2.52. The maximum Gasteiger partial charge on any atom is 0.220 e. The zero-order valence-corrected chi connectivity index (χ0v) is 13.1. The fourth-order valence-electron chi connectivity index (χ4n) is 2.38. The predicted octanol–water partition coefficient (Wildman–Crippen LogP) is 1.60. The van der Waals surface area contributed by atoms with Crippen LogP contribution in [0.3, 0.4) is 0 Å². The molecule has 1 amide bonds. The number of rotatable bonds is 6. The van der Waals surface area contributed by atoms with Gasteiger partial charge in [0.1, 0.15) is 0 Å². The number of aryl methyl sites for hydroxylation is 2. The minimum Gasteiger partial charge on any atom is -0.352 e. The largest absolute Gasteiger partial charge is 0.352 e. The lowest BCUT2D eigenvalue weighted by Gasteiger charge is -2.12. The lowest BCUT2D eigenvalue weighted by molar-refractivity contribution is -0.119. The van der Waals surface area contributed by atoms with Crippen LogP contribution >= 0.6 is 15.9 Å². The summed E-state index contributed by atoms with van der Waals surface area (Å²) in [5, 5.41) is 10.9. The van der Waals surface area contributed by atoms with Crippen LogP contribution in [0, 0.1) is 0 Å². The second kappa shape index (κ2) is 6.52. The number of nitrogens with zero attached hydrogens (tertiary/aromatic N) is 2. The van der Waals surface area contributed by atoms with E-state index in [4.69, 9.17) is 0 Å². The smallest absolute Gasteiger partial charge is 0.220 e. The molecule has 1 saturated heterocycles. The monoisotopic (exact) mass is 328 g/mol. The molecule has 0 saturated carbocycles. The van der Waals surface area contributed by atoms with Gasteiger partial charge in [-0.15, -0.1) is 0 Å². The molecule has 1 unspecified atom stereocenters. The average Bonchev–Trinajstić information content (AvgIpc) is 2.94. The second-order valence-corrected chi connectivity index (χ2v) is 5.60. The molecule has 5 nitrogen and oxygen atoms in total. The van der Waals surface area contributed by atoms with Crippen molar-refractivity contribution in [2.75, 3.05) is 6.54 Å². The summed E-state index contributed by atoms with van der Waals surface area (Å²) >= 11 is 3.63. The van der Waals surface area contributed by atoms with E-state index < -0.39 is 0 Å². The fourth-order valence-corrected chi connectivity index (χ4v) is 3.09. The van der Waals surface area contributed by atoms with Gasteiger partial charge in [0.2, 0.25) is 5.91 Å².